The summed E-state index contributed by atoms with van der Waals surface area (Å²) in [5, 5.41) is 17.8. The number of ketones is 1. The Labute approximate surface area is 196 Å². The maximum absolute atomic E-state index is 13.7. The van der Waals surface area contributed by atoms with Crippen LogP contribution in [0.15, 0.2) is 59.1 Å². The van der Waals surface area contributed by atoms with Crippen LogP contribution >= 0.6 is 0 Å². The molecule has 0 saturated carbocycles. The Morgan fingerprint density at radius 3 is 2.62 bits per heavy atom. The van der Waals surface area contributed by atoms with Crippen LogP contribution in [0, 0.1) is 0 Å². The molecule has 6 rings (SSSR count). The summed E-state index contributed by atoms with van der Waals surface area (Å²) in [6.45, 7) is 3.12. The largest absolute Gasteiger partial charge is 0.478 e. The summed E-state index contributed by atoms with van der Waals surface area (Å²) in [7, 11) is 0. The van der Waals surface area contributed by atoms with E-state index in [1.807, 2.05) is 24.3 Å². The van der Waals surface area contributed by atoms with Gasteiger partial charge in [-0.2, -0.15) is 0 Å². The fourth-order valence-electron chi connectivity index (χ4n) is 5.17. The van der Waals surface area contributed by atoms with E-state index in [9.17, 15) is 14.7 Å². The van der Waals surface area contributed by atoms with Crippen molar-refractivity contribution in [1.29, 1.82) is 0 Å². The van der Waals surface area contributed by atoms with Crippen molar-refractivity contribution in [3.63, 3.8) is 0 Å². The van der Waals surface area contributed by atoms with Gasteiger partial charge in [0.15, 0.2) is 11.5 Å². The monoisotopic (exact) mass is 453 g/mol. The van der Waals surface area contributed by atoms with Crippen molar-refractivity contribution in [2.75, 3.05) is 16.8 Å². The van der Waals surface area contributed by atoms with Gasteiger partial charge in [-0.25, -0.2) is 4.79 Å². The molecule has 7 heteroatoms. The van der Waals surface area contributed by atoms with Crippen molar-refractivity contribution in [1.82, 2.24) is 5.16 Å². The van der Waals surface area contributed by atoms with Gasteiger partial charge < -0.3 is 19.8 Å². The molecule has 1 aromatic heterocycles. The van der Waals surface area contributed by atoms with E-state index >= 15 is 0 Å². The first-order valence-corrected chi connectivity index (χ1v) is 11.5. The van der Waals surface area contributed by atoms with Crippen molar-refractivity contribution in [2.45, 2.75) is 32.2 Å². The topological polar surface area (TPSA) is 95.7 Å². The molecule has 1 aliphatic heterocycles. The maximum atomic E-state index is 13.7. The second-order valence-electron chi connectivity index (χ2n) is 8.97. The molecular formula is C27H23N3O4. The van der Waals surface area contributed by atoms with Gasteiger partial charge in [-0.05, 0) is 56.5 Å². The Balaban J connectivity index is 1.57. The van der Waals surface area contributed by atoms with Crippen LogP contribution in [-0.2, 0) is 0 Å². The van der Waals surface area contributed by atoms with Crippen LogP contribution in [0.5, 0.6) is 0 Å². The molecule has 7 nitrogen and oxygen atoms in total. The SMILES string of the molecule is C[C@H]1CCCCN1c1cc(Nc2ccc(C(=O)O)cc2)c2c3c(onc13)-c1ccccc1C2=O. The second kappa shape index (κ2) is 7.73. The third kappa shape index (κ3) is 3.08. The first-order valence-electron chi connectivity index (χ1n) is 11.5. The lowest BCUT2D eigenvalue weighted by molar-refractivity contribution is 0.0696. The zero-order valence-corrected chi connectivity index (χ0v) is 18.7. The van der Waals surface area contributed by atoms with Gasteiger partial charge in [0.1, 0.15) is 5.52 Å². The number of rotatable bonds is 4. The molecule has 2 N–H and O–H groups in total. The number of hydrogen-bond acceptors (Lipinski definition) is 6. The van der Waals surface area contributed by atoms with Crippen LogP contribution in [-0.4, -0.2) is 34.6 Å². The van der Waals surface area contributed by atoms with Crippen molar-refractivity contribution in [3.05, 3.63) is 71.3 Å². The molecule has 170 valence electrons. The van der Waals surface area contributed by atoms with Crippen LogP contribution in [0.1, 0.15) is 52.5 Å². The van der Waals surface area contributed by atoms with Gasteiger partial charge >= 0.3 is 5.97 Å². The Kier molecular flexibility index (Phi) is 4.65. The van der Waals surface area contributed by atoms with Crippen LogP contribution in [0.3, 0.4) is 0 Å². The maximum Gasteiger partial charge on any atom is 0.335 e. The molecular weight excluding hydrogens is 430 g/mol. The number of carboxylic acids is 1. The third-order valence-electron chi connectivity index (χ3n) is 6.90. The molecule has 0 amide bonds. The van der Waals surface area contributed by atoms with Crippen LogP contribution in [0.4, 0.5) is 17.1 Å². The van der Waals surface area contributed by atoms with E-state index in [0.717, 1.165) is 36.0 Å². The van der Waals surface area contributed by atoms with Crippen molar-refractivity contribution >= 4 is 39.7 Å². The Hall–Kier alpha value is -4.13. The van der Waals surface area contributed by atoms with E-state index in [2.05, 4.69) is 22.3 Å². The van der Waals surface area contributed by atoms with E-state index in [4.69, 9.17) is 4.52 Å². The zero-order chi connectivity index (χ0) is 23.4. The minimum Gasteiger partial charge on any atom is -0.478 e. The molecule has 1 saturated heterocycles. The molecule has 0 radical (unpaired) electrons. The van der Waals surface area contributed by atoms with Gasteiger partial charge in [-0.1, -0.05) is 29.4 Å². The first-order chi connectivity index (χ1) is 16.5. The highest BCUT2D eigenvalue weighted by Gasteiger charge is 2.34. The number of fused-ring (bicyclic) bond motifs is 2. The van der Waals surface area contributed by atoms with E-state index in [1.54, 1.807) is 30.3 Å². The minimum absolute atomic E-state index is 0.0841. The van der Waals surface area contributed by atoms with Gasteiger partial charge in [-0.3, -0.25) is 4.79 Å². The highest BCUT2D eigenvalue weighted by atomic mass is 16.5. The normalized spacial score (nSPS) is 17.0. The summed E-state index contributed by atoms with van der Waals surface area (Å²) in [4.78, 5) is 27.3. The van der Waals surface area contributed by atoms with Gasteiger partial charge in [0.05, 0.1) is 27.9 Å². The number of piperidine rings is 1. The van der Waals surface area contributed by atoms with E-state index in [-0.39, 0.29) is 11.3 Å². The second-order valence-corrected chi connectivity index (χ2v) is 8.97. The lowest BCUT2D eigenvalue weighted by atomic mass is 9.86. The number of benzene rings is 3. The number of anilines is 3. The van der Waals surface area contributed by atoms with Crippen molar-refractivity contribution < 1.29 is 19.2 Å². The van der Waals surface area contributed by atoms with E-state index in [0.29, 0.717) is 39.8 Å². The predicted octanol–water partition coefficient (Wildman–Crippen LogP) is 5.86. The quantitative estimate of drug-likeness (QED) is 0.352. The fourth-order valence-corrected chi connectivity index (χ4v) is 5.17. The van der Waals surface area contributed by atoms with Gasteiger partial charge in [-0.15, -0.1) is 0 Å². The van der Waals surface area contributed by atoms with Crippen LogP contribution in [0.2, 0.25) is 0 Å². The van der Waals surface area contributed by atoms with E-state index < -0.39 is 5.97 Å². The number of carbonyl (C=O) groups is 2. The average Bonchev–Trinajstić information content (AvgIpc) is 3.29. The standard InChI is InChI=1S/C27H23N3O4/c1-15-6-4-5-13-30(15)21-14-20(28-17-11-9-16(10-12-17)27(32)33)22-23-24(21)29-34-26(23)19-8-3-2-7-18(19)25(22)31/h2-3,7-12,14-15,28H,4-6,13H2,1H3,(H,32,33)/t15-/m0/s1. The smallest absolute Gasteiger partial charge is 0.335 e. The molecule has 2 heterocycles. The van der Waals surface area contributed by atoms with Crippen molar-refractivity contribution in [3.8, 4) is 11.3 Å². The highest BCUT2D eigenvalue weighted by molar-refractivity contribution is 6.28. The fraction of sp³-hybridized carbons (Fsp3) is 0.222. The molecule has 1 aliphatic carbocycles. The number of nitrogens with one attached hydrogen (secondary N) is 1. The Morgan fingerprint density at radius 2 is 1.88 bits per heavy atom. The lowest BCUT2D eigenvalue weighted by Crippen LogP contribution is -2.37. The molecule has 1 fully saturated rings. The van der Waals surface area contributed by atoms with Gasteiger partial charge in [0.25, 0.3) is 0 Å². The molecule has 0 unspecified atom stereocenters. The lowest BCUT2D eigenvalue weighted by Gasteiger charge is -2.36. The summed E-state index contributed by atoms with van der Waals surface area (Å²) in [5.41, 5.74) is 5.07. The van der Waals surface area contributed by atoms with Crippen LogP contribution < -0.4 is 10.2 Å². The average molecular weight is 453 g/mol. The predicted molar refractivity (Wildman–Crippen MR) is 130 cm³/mol. The Morgan fingerprint density at radius 1 is 1.12 bits per heavy atom. The zero-order valence-electron chi connectivity index (χ0n) is 18.7. The number of nitrogens with zero attached hydrogens (tertiary/aromatic N) is 2. The molecule has 0 bridgehead atoms. The number of aromatic carboxylic acids is 1. The van der Waals surface area contributed by atoms with Crippen LogP contribution in [0.25, 0.3) is 22.2 Å². The summed E-state index contributed by atoms with van der Waals surface area (Å²) in [5.74, 6) is -0.458. The minimum atomic E-state index is -0.981. The first kappa shape index (κ1) is 20.5. The van der Waals surface area contributed by atoms with Gasteiger partial charge in [0, 0.05) is 29.4 Å². The molecule has 3 aromatic carbocycles. The van der Waals surface area contributed by atoms with Crippen molar-refractivity contribution in [2.24, 2.45) is 0 Å². The number of carboxylic acid groups (broad SMARTS) is 1. The summed E-state index contributed by atoms with van der Waals surface area (Å²) >= 11 is 0. The highest BCUT2D eigenvalue weighted by Crippen LogP contribution is 2.47. The molecule has 1 atom stereocenters. The third-order valence-corrected chi connectivity index (χ3v) is 6.90. The molecule has 2 aliphatic rings. The summed E-state index contributed by atoms with van der Waals surface area (Å²) < 4.78 is 5.86. The number of carbonyl (C=O) groups excluding carboxylic acids is 1. The number of aromatic nitrogens is 1. The van der Waals surface area contributed by atoms with E-state index in [1.165, 1.54) is 6.42 Å². The van der Waals surface area contributed by atoms with Gasteiger partial charge in [0.2, 0.25) is 0 Å². The Bertz CT molecular complexity index is 1460. The summed E-state index contributed by atoms with van der Waals surface area (Å²) in [6.07, 6.45) is 3.38. The number of hydrogen-bond donors (Lipinski definition) is 2. The molecule has 4 aromatic rings. The molecule has 0 spiro atoms. The summed E-state index contributed by atoms with van der Waals surface area (Å²) in [6, 6.07) is 16.3. The molecule has 34 heavy (non-hydrogen) atoms.